The van der Waals surface area contributed by atoms with Crippen LogP contribution in [-0.2, 0) is 9.59 Å². The van der Waals surface area contributed by atoms with Gasteiger partial charge < -0.3 is 9.47 Å². The average Bonchev–Trinajstić information content (AvgIpc) is 2.52. The lowest BCUT2D eigenvalue weighted by Crippen LogP contribution is -2.16. The van der Waals surface area contributed by atoms with Crippen molar-refractivity contribution in [3.05, 3.63) is 24.3 Å². The molecule has 0 saturated heterocycles. The predicted octanol–water partition coefficient (Wildman–Crippen LogP) is 4.51. The summed E-state index contributed by atoms with van der Waals surface area (Å²) in [6, 6.07) is 6.56. The molecular formula is C18H26O4. The standard InChI is InChI=1S/C18H26O4/c1-4-6-7-8-9-17(19)21-15-10-12-16(13-11-15)22-18(20)14(3)5-2/h10-14H,4-9H2,1-3H3. The lowest BCUT2D eigenvalue weighted by Gasteiger charge is -2.09. The van der Waals surface area contributed by atoms with Crippen molar-refractivity contribution in [2.24, 2.45) is 5.92 Å². The van der Waals surface area contributed by atoms with Crippen molar-refractivity contribution in [2.75, 3.05) is 0 Å². The average molecular weight is 306 g/mol. The molecule has 0 aliphatic heterocycles. The molecule has 0 bridgehead atoms. The van der Waals surface area contributed by atoms with Gasteiger partial charge in [-0.3, -0.25) is 9.59 Å². The first-order valence-electron chi connectivity index (χ1n) is 8.09. The molecule has 0 saturated carbocycles. The van der Waals surface area contributed by atoms with Gasteiger partial charge in [0.25, 0.3) is 0 Å². The molecule has 0 heterocycles. The molecule has 4 heteroatoms. The van der Waals surface area contributed by atoms with Crippen LogP contribution in [0.5, 0.6) is 11.5 Å². The smallest absolute Gasteiger partial charge is 0.314 e. The number of rotatable bonds is 9. The highest BCUT2D eigenvalue weighted by atomic mass is 16.5. The minimum Gasteiger partial charge on any atom is -0.427 e. The fraction of sp³-hybridized carbons (Fsp3) is 0.556. The van der Waals surface area contributed by atoms with Gasteiger partial charge in [-0.15, -0.1) is 0 Å². The maximum atomic E-state index is 11.7. The Morgan fingerprint density at radius 1 is 0.955 bits per heavy atom. The number of carbonyl (C=O) groups excluding carboxylic acids is 2. The maximum Gasteiger partial charge on any atom is 0.314 e. The van der Waals surface area contributed by atoms with Gasteiger partial charge in [0.2, 0.25) is 0 Å². The highest BCUT2D eigenvalue weighted by Crippen LogP contribution is 2.19. The highest BCUT2D eigenvalue weighted by molar-refractivity contribution is 5.75. The lowest BCUT2D eigenvalue weighted by atomic mass is 10.1. The molecule has 0 fully saturated rings. The second-order valence-corrected chi connectivity index (χ2v) is 5.49. The van der Waals surface area contributed by atoms with E-state index in [4.69, 9.17) is 9.47 Å². The van der Waals surface area contributed by atoms with E-state index in [2.05, 4.69) is 6.92 Å². The first-order valence-corrected chi connectivity index (χ1v) is 8.09. The molecule has 1 atom stereocenters. The van der Waals surface area contributed by atoms with Crippen LogP contribution < -0.4 is 9.47 Å². The van der Waals surface area contributed by atoms with Crippen LogP contribution in [-0.4, -0.2) is 11.9 Å². The van der Waals surface area contributed by atoms with E-state index in [1.807, 2.05) is 13.8 Å². The van der Waals surface area contributed by atoms with Crippen LogP contribution in [0.1, 0.15) is 59.3 Å². The Morgan fingerprint density at radius 3 is 2.09 bits per heavy atom. The molecule has 4 nitrogen and oxygen atoms in total. The highest BCUT2D eigenvalue weighted by Gasteiger charge is 2.13. The summed E-state index contributed by atoms with van der Waals surface area (Å²) in [5.74, 6) is 0.348. The molecule has 1 aromatic carbocycles. The summed E-state index contributed by atoms with van der Waals surface area (Å²) in [5, 5.41) is 0. The van der Waals surface area contributed by atoms with Crippen LogP contribution in [0.4, 0.5) is 0 Å². The zero-order valence-corrected chi connectivity index (χ0v) is 13.8. The van der Waals surface area contributed by atoms with Crippen molar-refractivity contribution in [2.45, 2.75) is 59.3 Å². The Balaban J connectivity index is 2.41. The minimum atomic E-state index is -0.247. The summed E-state index contributed by atoms with van der Waals surface area (Å²) in [7, 11) is 0. The fourth-order valence-electron chi connectivity index (χ4n) is 1.84. The van der Waals surface area contributed by atoms with E-state index in [-0.39, 0.29) is 17.9 Å². The summed E-state index contributed by atoms with van der Waals surface area (Å²) >= 11 is 0. The van der Waals surface area contributed by atoms with Crippen LogP contribution in [0, 0.1) is 5.92 Å². The number of hydrogen-bond acceptors (Lipinski definition) is 4. The number of carbonyl (C=O) groups is 2. The molecule has 0 aliphatic rings. The summed E-state index contributed by atoms with van der Waals surface area (Å²) in [5.41, 5.74) is 0. The molecule has 0 N–H and O–H groups in total. The Morgan fingerprint density at radius 2 is 1.55 bits per heavy atom. The van der Waals surface area contributed by atoms with Crippen molar-refractivity contribution in [3.63, 3.8) is 0 Å². The van der Waals surface area contributed by atoms with Gasteiger partial charge in [0, 0.05) is 6.42 Å². The molecule has 1 rings (SSSR count). The van der Waals surface area contributed by atoms with E-state index in [0.29, 0.717) is 17.9 Å². The third-order valence-corrected chi connectivity index (χ3v) is 3.52. The zero-order chi connectivity index (χ0) is 16.4. The van der Waals surface area contributed by atoms with Crippen molar-refractivity contribution in [1.82, 2.24) is 0 Å². The van der Waals surface area contributed by atoms with Gasteiger partial charge in [0.1, 0.15) is 11.5 Å². The third-order valence-electron chi connectivity index (χ3n) is 3.52. The molecule has 0 spiro atoms. The van der Waals surface area contributed by atoms with Crippen LogP contribution in [0.15, 0.2) is 24.3 Å². The second kappa shape index (κ2) is 9.98. The quantitative estimate of drug-likeness (QED) is 0.382. The van der Waals surface area contributed by atoms with E-state index in [9.17, 15) is 9.59 Å². The normalized spacial score (nSPS) is 11.8. The number of esters is 2. The lowest BCUT2D eigenvalue weighted by molar-refractivity contribution is -0.138. The maximum absolute atomic E-state index is 11.7. The molecule has 0 amide bonds. The molecular weight excluding hydrogens is 280 g/mol. The minimum absolute atomic E-state index is 0.124. The van der Waals surface area contributed by atoms with Crippen LogP contribution in [0.25, 0.3) is 0 Å². The number of ether oxygens (including phenoxy) is 2. The van der Waals surface area contributed by atoms with E-state index < -0.39 is 0 Å². The van der Waals surface area contributed by atoms with Gasteiger partial charge in [-0.25, -0.2) is 0 Å². The van der Waals surface area contributed by atoms with E-state index >= 15 is 0 Å². The predicted molar refractivity (Wildman–Crippen MR) is 85.9 cm³/mol. The van der Waals surface area contributed by atoms with E-state index in [0.717, 1.165) is 32.1 Å². The van der Waals surface area contributed by atoms with Crippen LogP contribution in [0.3, 0.4) is 0 Å². The van der Waals surface area contributed by atoms with Gasteiger partial charge in [-0.2, -0.15) is 0 Å². The SMILES string of the molecule is CCCCCCC(=O)Oc1ccc(OC(=O)C(C)CC)cc1. The fourth-order valence-corrected chi connectivity index (χ4v) is 1.84. The summed E-state index contributed by atoms with van der Waals surface area (Å²) in [6.45, 7) is 5.90. The molecule has 0 aliphatic carbocycles. The molecule has 0 radical (unpaired) electrons. The van der Waals surface area contributed by atoms with Crippen LogP contribution in [0.2, 0.25) is 0 Å². The Hall–Kier alpha value is -1.84. The van der Waals surface area contributed by atoms with Crippen molar-refractivity contribution >= 4 is 11.9 Å². The summed E-state index contributed by atoms with van der Waals surface area (Å²) < 4.78 is 10.5. The monoisotopic (exact) mass is 306 g/mol. The first-order chi connectivity index (χ1) is 10.6. The van der Waals surface area contributed by atoms with E-state index in [1.54, 1.807) is 24.3 Å². The summed E-state index contributed by atoms with van der Waals surface area (Å²) in [6.07, 6.45) is 5.38. The Bertz CT molecular complexity index is 464. The molecule has 122 valence electrons. The van der Waals surface area contributed by atoms with Gasteiger partial charge in [-0.1, -0.05) is 40.0 Å². The van der Waals surface area contributed by atoms with Crippen molar-refractivity contribution in [1.29, 1.82) is 0 Å². The molecule has 1 unspecified atom stereocenters. The van der Waals surface area contributed by atoms with Crippen LogP contribution >= 0.6 is 0 Å². The second-order valence-electron chi connectivity index (χ2n) is 5.49. The van der Waals surface area contributed by atoms with Crippen molar-refractivity contribution in [3.8, 4) is 11.5 Å². The zero-order valence-electron chi connectivity index (χ0n) is 13.8. The molecule has 0 aromatic heterocycles. The van der Waals surface area contributed by atoms with Gasteiger partial charge in [0.15, 0.2) is 0 Å². The van der Waals surface area contributed by atoms with E-state index in [1.165, 1.54) is 0 Å². The summed E-state index contributed by atoms with van der Waals surface area (Å²) in [4.78, 5) is 23.3. The Labute approximate surface area is 132 Å². The molecule has 22 heavy (non-hydrogen) atoms. The number of hydrogen-bond donors (Lipinski definition) is 0. The van der Waals surface area contributed by atoms with Gasteiger partial charge >= 0.3 is 11.9 Å². The number of benzene rings is 1. The first kappa shape index (κ1) is 18.2. The topological polar surface area (TPSA) is 52.6 Å². The molecule has 1 aromatic rings. The van der Waals surface area contributed by atoms with Crippen molar-refractivity contribution < 1.29 is 19.1 Å². The van der Waals surface area contributed by atoms with Gasteiger partial charge in [0.05, 0.1) is 5.92 Å². The number of unbranched alkanes of at least 4 members (excludes halogenated alkanes) is 3. The Kier molecular flexibility index (Phi) is 8.26. The third kappa shape index (κ3) is 6.74. The van der Waals surface area contributed by atoms with Gasteiger partial charge in [-0.05, 0) is 37.1 Å². The largest absolute Gasteiger partial charge is 0.427 e.